The van der Waals surface area contributed by atoms with Crippen LogP contribution in [0, 0.1) is 0 Å². The van der Waals surface area contributed by atoms with Crippen molar-refractivity contribution < 1.29 is 4.74 Å². The van der Waals surface area contributed by atoms with Crippen LogP contribution >= 0.6 is 0 Å². The lowest BCUT2D eigenvalue weighted by molar-refractivity contribution is 0.149. The van der Waals surface area contributed by atoms with E-state index < -0.39 is 0 Å². The summed E-state index contributed by atoms with van der Waals surface area (Å²) in [5.41, 5.74) is 1.12. The Morgan fingerprint density at radius 1 is 1.18 bits per heavy atom. The van der Waals surface area contributed by atoms with Crippen molar-refractivity contribution in [2.24, 2.45) is 0 Å². The lowest BCUT2D eigenvalue weighted by Crippen LogP contribution is -2.08. The number of anilines is 1. The number of hydrogen-bond acceptors (Lipinski definition) is 4. The molecule has 1 aromatic heterocycles. The summed E-state index contributed by atoms with van der Waals surface area (Å²) in [6.45, 7) is 8.55. The molecule has 0 saturated carbocycles. The predicted molar refractivity (Wildman–Crippen MR) is 70.4 cm³/mol. The first-order chi connectivity index (χ1) is 8.30. The summed E-state index contributed by atoms with van der Waals surface area (Å²) in [5.74, 6) is 1.80. The highest BCUT2D eigenvalue weighted by molar-refractivity contribution is 5.36. The number of rotatable bonds is 8. The molecule has 0 atom stereocenters. The molecule has 96 valence electrons. The molecule has 0 aliphatic rings. The average Bonchev–Trinajstić information content (AvgIpc) is 2.30. The molecule has 1 rings (SSSR count). The number of nitrogens with zero attached hydrogens (tertiary/aromatic N) is 2. The molecule has 1 N–H and O–H groups in total. The fraction of sp³-hybridized carbons (Fsp3) is 0.692. The van der Waals surface area contributed by atoms with Gasteiger partial charge < -0.3 is 10.1 Å². The first-order valence-electron chi connectivity index (χ1n) is 6.48. The molecule has 1 heterocycles. The molecule has 0 unspecified atom stereocenters. The SMILES string of the molecule is CCCc1cc(NCC)nc(CCOCC)n1. The van der Waals surface area contributed by atoms with Crippen molar-refractivity contribution in [1.29, 1.82) is 0 Å². The van der Waals surface area contributed by atoms with Crippen LogP contribution < -0.4 is 5.32 Å². The van der Waals surface area contributed by atoms with Crippen LogP contribution in [0.25, 0.3) is 0 Å². The van der Waals surface area contributed by atoms with E-state index in [4.69, 9.17) is 4.74 Å². The Hall–Kier alpha value is -1.16. The number of aryl methyl sites for hydroxylation is 1. The monoisotopic (exact) mass is 237 g/mol. The summed E-state index contributed by atoms with van der Waals surface area (Å²) in [6, 6.07) is 2.04. The van der Waals surface area contributed by atoms with Crippen molar-refractivity contribution >= 4 is 5.82 Å². The third-order valence-electron chi connectivity index (χ3n) is 2.36. The molecule has 0 aliphatic carbocycles. The molecule has 0 bridgehead atoms. The standard InChI is InChI=1S/C13H23N3O/c1-4-7-11-10-13(14-5-2)16-12(15-11)8-9-17-6-3/h10H,4-9H2,1-3H3,(H,14,15,16). The summed E-state index contributed by atoms with van der Waals surface area (Å²) < 4.78 is 5.34. The molecule has 0 saturated heterocycles. The molecule has 0 spiro atoms. The van der Waals surface area contributed by atoms with Crippen LogP contribution in [-0.2, 0) is 17.6 Å². The van der Waals surface area contributed by atoms with E-state index in [0.717, 1.165) is 49.8 Å². The predicted octanol–water partition coefficient (Wildman–Crippen LogP) is 2.44. The van der Waals surface area contributed by atoms with Gasteiger partial charge in [-0.25, -0.2) is 9.97 Å². The first kappa shape index (κ1) is 13.9. The van der Waals surface area contributed by atoms with Crippen LogP contribution in [0.5, 0.6) is 0 Å². The minimum Gasteiger partial charge on any atom is -0.381 e. The molecule has 0 fully saturated rings. The van der Waals surface area contributed by atoms with Gasteiger partial charge in [-0.05, 0) is 20.3 Å². The second-order valence-corrected chi connectivity index (χ2v) is 3.89. The highest BCUT2D eigenvalue weighted by Crippen LogP contribution is 2.09. The van der Waals surface area contributed by atoms with E-state index in [2.05, 4.69) is 29.1 Å². The van der Waals surface area contributed by atoms with Gasteiger partial charge in [0.25, 0.3) is 0 Å². The van der Waals surface area contributed by atoms with Gasteiger partial charge in [-0.2, -0.15) is 0 Å². The van der Waals surface area contributed by atoms with Crippen LogP contribution in [0.4, 0.5) is 5.82 Å². The third-order valence-corrected chi connectivity index (χ3v) is 2.36. The Morgan fingerprint density at radius 3 is 2.65 bits per heavy atom. The highest BCUT2D eigenvalue weighted by Gasteiger charge is 2.04. The molecule has 1 aromatic rings. The van der Waals surface area contributed by atoms with Crippen molar-refractivity contribution in [3.05, 3.63) is 17.6 Å². The minimum absolute atomic E-state index is 0.692. The van der Waals surface area contributed by atoms with E-state index in [9.17, 15) is 0 Å². The fourth-order valence-electron chi connectivity index (χ4n) is 1.63. The molecule has 0 radical (unpaired) electrons. The zero-order valence-electron chi connectivity index (χ0n) is 11.1. The molecule has 4 nitrogen and oxygen atoms in total. The van der Waals surface area contributed by atoms with Crippen LogP contribution in [0.2, 0.25) is 0 Å². The first-order valence-corrected chi connectivity index (χ1v) is 6.48. The number of ether oxygens (including phenoxy) is 1. The molecular formula is C13H23N3O. The lowest BCUT2D eigenvalue weighted by atomic mass is 10.2. The van der Waals surface area contributed by atoms with Crippen LogP contribution in [-0.4, -0.2) is 29.7 Å². The van der Waals surface area contributed by atoms with Crippen LogP contribution in [0.15, 0.2) is 6.07 Å². The van der Waals surface area contributed by atoms with Gasteiger partial charge in [0.1, 0.15) is 11.6 Å². The summed E-state index contributed by atoms with van der Waals surface area (Å²) >= 11 is 0. The van der Waals surface area contributed by atoms with E-state index in [1.165, 1.54) is 0 Å². The Morgan fingerprint density at radius 2 is 2.00 bits per heavy atom. The molecule has 4 heteroatoms. The van der Waals surface area contributed by atoms with Crippen molar-refractivity contribution in [3.63, 3.8) is 0 Å². The molecule has 0 aromatic carbocycles. The van der Waals surface area contributed by atoms with Gasteiger partial charge in [0.15, 0.2) is 0 Å². The lowest BCUT2D eigenvalue weighted by Gasteiger charge is -2.08. The van der Waals surface area contributed by atoms with Crippen LogP contribution in [0.1, 0.15) is 38.7 Å². The zero-order chi connectivity index (χ0) is 12.5. The van der Waals surface area contributed by atoms with Crippen molar-refractivity contribution in [2.75, 3.05) is 25.1 Å². The van der Waals surface area contributed by atoms with E-state index >= 15 is 0 Å². The second kappa shape index (κ2) is 8.01. The summed E-state index contributed by atoms with van der Waals surface area (Å²) in [6.07, 6.45) is 2.89. The molecule has 0 aliphatic heterocycles. The Bertz CT molecular complexity index is 304. The van der Waals surface area contributed by atoms with Gasteiger partial charge in [0.2, 0.25) is 0 Å². The largest absolute Gasteiger partial charge is 0.381 e. The van der Waals surface area contributed by atoms with E-state index in [-0.39, 0.29) is 0 Å². The van der Waals surface area contributed by atoms with E-state index in [1.807, 2.05) is 13.0 Å². The van der Waals surface area contributed by atoms with Gasteiger partial charge in [-0.1, -0.05) is 13.3 Å². The average molecular weight is 237 g/mol. The fourth-order valence-corrected chi connectivity index (χ4v) is 1.63. The van der Waals surface area contributed by atoms with Crippen LogP contribution in [0.3, 0.4) is 0 Å². The maximum Gasteiger partial charge on any atom is 0.133 e. The van der Waals surface area contributed by atoms with Gasteiger partial charge in [0, 0.05) is 31.3 Å². The normalized spacial score (nSPS) is 10.5. The van der Waals surface area contributed by atoms with Crippen molar-refractivity contribution in [2.45, 2.75) is 40.0 Å². The molecular weight excluding hydrogens is 214 g/mol. The van der Waals surface area contributed by atoms with Gasteiger partial charge >= 0.3 is 0 Å². The van der Waals surface area contributed by atoms with E-state index in [1.54, 1.807) is 0 Å². The molecule has 0 amide bonds. The summed E-state index contributed by atoms with van der Waals surface area (Å²) in [4.78, 5) is 9.02. The maximum absolute atomic E-state index is 5.34. The number of aromatic nitrogens is 2. The Balaban J connectivity index is 2.72. The second-order valence-electron chi connectivity index (χ2n) is 3.89. The Labute approximate surface area is 104 Å². The van der Waals surface area contributed by atoms with Gasteiger partial charge in [-0.15, -0.1) is 0 Å². The van der Waals surface area contributed by atoms with Crippen molar-refractivity contribution in [1.82, 2.24) is 9.97 Å². The highest BCUT2D eigenvalue weighted by atomic mass is 16.5. The van der Waals surface area contributed by atoms with E-state index in [0.29, 0.717) is 6.61 Å². The quantitative estimate of drug-likeness (QED) is 0.705. The smallest absolute Gasteiger partial charge is 0.133 e. The third kappa shape index (κ3) is 5.13. The van der Waals surface area contributed by atoms with Crippen molar-refractivity contribution in [3.8, 4) is 0 Å². The summed E-state index contributed by atoms with van der Waals surface area (Å²) in [7, 11) is 0. The topological polar surface area (TPSA) is 47.0 Å². The minimum atomic E-state index is 0.692. The number of nitrogens with one attached hydrogen (secondary N) is 1. The van der Waals surface area contributed by atoms with Gasteiger partial charge in [0.05, 0.1) is 6.61 Å². The Kier molecular flexibility index (Phi) is 6.55. The summed E-state index contributed by atoms with van der Waals surface area (Å²) in [5, 5.41) is 3.25. The molecule has 17 heavy (non-hydrogen) atoms. The zero-order valence-corrected chi connectivity index (χ0v) is 11.1. The maximum atomic E-state index is 5.34. The van der Waals surface area contributed by atoms with Gasteiger partial charge in [-0.3, -0.25) is 0 Å². The number of hydrogen-bond donors (Lipinski definition) is 1.